The first-order valence-electron chi connectivity index (χ1n) is 10.0. The summed E-state index contributed by atoms with van der Waals surface area (Å²) in [5.74, 6) is 2.29. The molecule has 1 unspecified atom stereocenters. The molecule has 3 atom stereocenters. The molecule has 0 spiro atoms. The summed E-state index contributed by atoms with van der Waals surface area (Å²) in [5.41, 5.74) is 1.06. The fourth-order valence-electron chi connectivity index (χ4n) is 4.74. The standard InChI is InChI=1S/C21H29N3O3.ClH/c1-27-19-4-2-15(3-5-19)13-24-14-18(10-20(24)25)21(26)23-8-6-16-11-22-12-17(16)7-9-23;/h2-5,16-18,22H,6-14H2,1H3;1H/t16-,17+,18?;. The number of hydrogen-bond acceptors (Lipinski definition) is 4. The molecule has 154 valence electrons. The van der Waals surface area contributed by atoms with Crippen molar-refractivity contribution in [3.05, 3.63) is 29.8 Å². The summed E-state index contributed by atoms with van der Waals surface area (Å²) in [5, 5.41) is 3.47. The summed E-state index contributed by atoms with van der Waals surface area (Å²) < 4.78 is 5.18. The van der Waals surface area contributed by atoms with E-state index in [0.29, 0.717) is 31.3 Å². The molecule has 3 heterocycles. The third-order valence-corrected chi connectivity index (χ3v) is 6.43. The van der Waals surface area contributed by atoms with Crippen LogP contribution in [0.15, 0.2) is 24.3 Å². The molecule has 1 N–H and O–H groups in total. The van der Waals surface area contributed by atoms with Crippen molar-refractivity contribution in [3.8, 4) is 5.75 Å². The van der Waals surface area contributed by atoms with Gasteiger partial charge in [-0.1, -0.05) is 12.1 Å². The summed E-state index contributed by atoms with van der Waals surface area (Å²) in [4.78, 5) is 29.3. The molecule has 0 saturated carbocycles. The van der Waals surface area contributed by atoms with Crippen LogP contribution in [0.4, 0.5) is 0 Å². The van der Waals surface area contributed by atoms with Crippen molar-refractivity contribution in [1.82, 2.24) is 15.1 Å². The highest BCUT2D eigenvalue weighted by molar-refractivity contribution is 5.89. The minimum absolute atomic E-state index is 0. The molecule has 3 saturated heterocycles. The van der Waals surface area contributed by atoms with Crippen LogP contribution < -0.4 is 10.1 Å². The Morgan fingerprint density at radius 3 is 2.39 bits per heavy atom. The minimum atomic E-state index is -0.188. The van der Waals surface area contributed by atoms with Crippen molar-refractivity contribution in [3.63, 3.8) is 0 Å². The van der Waals surface area contributed by atoms with Gasteiger partial charge in [-0.25, -0.2) is 0 Å². The Kier molecular flexibility index (Phi) is 6.83. The fourth-order valence-corrected chi connectivity index (χ4v) is 4.74. The predicted octanol–water partition coefficient (Wildman–Crippen LogP) is 1.92. The van der Waals surface area contributed by atoms with Gasteiger partial charge in [-0.2, -0.15) is 0 Å². The van der Waals surface area contributed by atoms with Gasteiger partial charge >= 0.3 is 0 Å². The van der Waals surface area contributed by atoms with E-state index in [9.17, 15) is 9.59 Å². The quantitative estimate of drug-likeness (QED) is 0.828. The molecule has 0 aromatic heterocycles. The number of likely N-dealkylation sites (tertiary alicyclic amines) is 2. The summed E-state index contributed by atoms with van der Waals surface area (Å²) in [6.07, 6.45) is 2.51. The van der Waals surface area contributed by atoms with Crippen molar-refractivity contribution in [2.75, 3.05) is 39.8 Å². The first-order valence-corrected chi connectivity index (χ1v) is 10.0. The highest BCUT2D eigenvalue weighted by atomic mass is 35.5. The van der Waals surface area contributed by atoms with Gasteiger partial charge in [0.15, 0.2) is 0 Å². The van der Waals surface area contributed by atoms with Gasteiger partial charge in [-0.3, -0.25) is 9.59 Å². The number of fused-ring (bicyclic) bond motifs is 1. The van der Waals surface area contributed by atoms with Gasteiger partial charge in [0.2, 0.25) is 11.8 Å². The molecular weight excluding hydrogens is 378 g/mol. The summed E-state index contributed by atoms with van der Waals surface area (Å²) in [7, 11) is 1.64. The van der Waals surface area contributed by atoms with Crippen molar-refractivity contribution < 1.29 is 14.3 Å². The van der Waals surface area contributed by atoms with Crippen LogP contribution in [-0.2, 0) is 16.1 Å². The largest absolute Gasteiger partial charge is 0.497 e. The number of nitrogens with one attached hydrogen (secondary N) is 1. The maximum atomic E-state index is 13.0. The maximum absolute atomic E-state index is 13.0. The van der Waals surface area contributed by atoms with Crippen molar-refractivity contribution in [2.24, 2.45) is 17.8 Å². The number of benzene rings is 1. The zero-order chi connectivity index (χ0) is 18.8. The van der Waals surface area contributed by atoms with Crippen LogP contribution in [0.5, 0.6) is 5.75 Å². The zero-order valence-electron chi connectivity index (χ0n) is 16.4. The third-order valence-electron chi connectivity index (χ3n) is 6.43. The molecule has 7 heteroatoms. The van der Waals surface area contributed by atoms with Gasteiger partial charge in [-0.15, -0.1) is 12.4 Å². The Morgan fingerprint density at radius 1 is 1.14 bits per heavy atom. The monoisotopic (exact) mass is 407 g/mol. The van der Waals surface area contributed by atoms with E-state index < -0.39 is 0 Å². The minimum Gasteiger partial charge on any atom is -0.497 e. The molecule has 3 aliphatic heterocycles. The molecule has 28 heavy (non-hydrogen) atoms. The number of carbonyl (C=O) groups is 2. The Bertz CT molecular complexity index is 683. The number of carbonyl (C=O) groups excluding carboxylic acids is 2. The highest BCUT2D eigenvalue weighted by Crippen LogP contribution is 2.29. The number of halogens is 1. The first-order chi connectivity index (χ1) is 13.1. The number of rotatable bonds is 4. The van der Waals surface area contributed by atoms with Crippen molar-refractivity contribution >= 4 is 24.2 Å². The van der Waals surface area contributed by atoms with Crippen LogP contribution in [0.25, 0.3) is 0 Å². The second-order valence-corrected chi connectivity index (χ2v) is 8.10. The van der Waals surface area contributed by atoms with Crippen molar-refractivity contribution in [1.29, 1.82) is 0 Å². The van der Waals surface area contributed by atoms with E-state index in [1.165, 1.54) is 0 Å². The molecule has 3 fully saturated rings. The highest BCUT2D eigenvalue weighted by Gasteiger charge is 2.38. The molecule has 6 nitrogen and oxygen atoms in total. The van der Waals surface area contributed by atoms with E-state index in [2.05, 4.69) is 5.32 Å². The van der Waals surface area contributed by atoms with Crippen LogP contribution in [0.1, 0.15) is 24.8 Å². The van der Waals surface area contributed by atoms with E-state index >= 15 is 0 Å². The van der Waals surface area contributed by atoms with E-state index in [-0.39, 0.29) is 30.1 Å². The van der Waals surface area contributed by atoms with Crippen LogP contribution in [-0.4, -0.2) is 61.4 Å². The molecule has 0 aliphatic carbocycles. The normalized spacial score (nSPS) is 27.2. The van der Waals surface area contributed by atoms with Gasteiger partial charge in [0.1, 0.15) is 5.75 Å². The van der Waals surface area contributed by atoms with E-state index in [1.54, 1.807) is 7.11 Å². The van der Waals surface area contributed by atoms with E-state index in [1.807, 2.05) is 34.1 Å². The summed E-state index contributed by atoms with van der Waals surface area (Å²) in [6.45, 7) is 4.95. The third kappa shape index (κ3) is 4.44. The number of hydrogen-bond donors (Lipinski definition) is 1. The average Bonchev–Trinajstić information content (AvgIpc) is 3.23. The first kappa shape index (κ1) is 20.9. The molecule has 4 rings (SSSR count). The lowest BCUT2D eigenvalue weighted by Gasteiger charge is -2.24. The molecule has 2 amide bonds. The van der Waals surface area contributed by atoms with Crippen LogP contribution in [0.2, 0.25) is 0 Å². The Morgan fingerprint density at radius 2 is 1.79 bits per heavy atom. The molecule has 0 bridgehead atoms. The van der Waals surface area contributed by atoms with Gasteiger partial charge in [0.25, 0.3) is 0 Å². The molecule has 1 aromatic carbocycles. The van der Waals surface area contributed by atoms with Gasteiger partial charge in [0, 0.05) is 32.6 Å². The SMILES string of the molecule is COc1ccc(CN2CC(C(=O)N3CC[C@@H]4CNC[C@@H]4CC3)CC2=O)cc1.Cl. The topological polar surface area (TPSA) is 61.9 Å². The lowest BCUT2D eigenvalue weighted by Crippen LogP contribution is -2.38. The smallest absolute Gasteiger partial charge is 0.227 e. The van der Waals surface area contributed by atoms with Gasteiger partial charge in [0.05, 0.1) is 13.0 Å². The average molecular weight is 408 g/mol. The second-order valence-electron chi connectivity index (χ2n) is 8.10. The van der Waals surface area contributed by atoms with E-state index in [4.69, 9.17) is 4.74 Å². The van der Waals surface area contributed by atoms with Crippen LogP contribution >= 0.6 is 12.4 Å². The van der Waals surface area contributed by atoms with Crippen LogP contribution in [0.3, 0.4) is 0 Å². The maximum Gasteiger partial charge on any atom is 0.227 e. The van der Waals surface area contributed by atoms with E-state index in [0.717, 1.165) is 50.3 Å². The second kappa shape index (κ2) is 9.14. The predicted molar refractivity (Wildman–Crippen MR) is 109 cm³/mol. The Labute approximate surface area is 173 Å². The number of ether oxygens (including phenoxy) is 1. The number of methoxy groups -OCH3 is 1. The lowest BCUT2D eigenvalue weighted by atomic mass is 9.92. The lowest BCUT2D eigenvalue weighted by molar-refractivity contribution is -0.135. The Hall–Kier alpha value is -1.79. The van der Waals surface area contributed by atoms with Gasteiger partial charge < -0.3 is 19.9 Å². The molecule has 1 aromatic rings. The summed E-state index contributed by atoms with van der Waals surface area (Å²) >= 11 is 0. The molecule has 3 aliphatic rings. The fraction of sp³-hybridized carbons (Fsp3) is 0.619. The molecule has 0 radical (unpaired) electrons. The number of amides is 2. The Balaban J connectivity index is 0.00000225. The van der Waals surface area contributed by atoms with Gasteiger partial charge in [-0.05, 0) is 55.5 Å². The zero-order valence-corrected chi connectivity index (χ0v) is 17.2. The van der Waals surface area contributed by atoms with Crippen molar-refractivity contribution in [2.45, 2.75) is 25.8 Å². The van der Waals surface area contributed by atoms with Crippen LogP contribution in [0, 0.1) is 17.8 Å². The molecular formula is C21H30ClN3O3. The number of nitrogens with zero attached hydrogens (tertiary/aromatic N) is 2. The summed E-state index contributed by atoms with van der Waals surface area (Å²) in [6, 6.07) is 7.76.